The highest BCUT2D eigenvalue weighted by Gasteiger charge is 2.13. The van der Waals surface area contributed by atoms with Crippen LogP contribution in [0.4, 0.5) is 10.1 Å². The molecule has 17 heavy (non-hydrogen) atoms. The quantitative estimate of drug-likeness (QED) is 0.571. The Kier molecular flexibility index (Phi) is 5.41. The maximum Gasteiger partial charge on any atom is 0.304 e. The molecule has 0 aliphatic carbocycles. The molecule has 1 rings (SSSR count). The van der Waals surface area contributed by atoms with Gasteiger partial charge < -0.3 is 0 Å². The summed E-state index contributed by atoms with van der Waals surface area (Å²) in [5.74, 6) is 1.61. The molecule has 94 valence electrons. The summed E-state index contributed by atoms with van der Waals surface area (Å²) in [5.41, 5.74) is 0.335. The van der Waals surface area contributed by atoms with Gasteiger partial charge in [0.1, 0.15) is 0 Å². The van der Waals surface area contributed by atoms with E-state index in [0.717, 1.165) is 17.7 Å². The lowest BCUT2D eigenvalue weighted by atomic mass is 10.2. The van der Waals surface area contributed by atoms with Crippen molar-refractivity contribution in [2.45, 2.75) is 26.0 Å². The first-order valence-corrected chi connectivity index (χ1v) is 6.70. The SMILES string of the molecule is CCC(C)CSCc1ccc([N+](=O)[O-])c(F)c1. The molecule has 0 spiro atoms. The molecule has 5 heteroatoms. The lowest BCUT2D eigenvalue weighted by Gasteiger charge is -2.07. The second kappa shape index (κ2) is 6.59. The van der Waals surface area contributed by atoms with Gasteiger partial charge in [0.15, 0.2) is 0 Å². The molecule has 0 radical (unpaired) electrons. The second-order valence-corrected chi connectivity index (χ2v) is 5.10. The predicted octanol–water partition coefficient (Wildman–Crippen LogP) is 4.01. The van der Waals surface area contributed by atoms with Crippen LogP contribution in [0.3, 0.4) is 0 Å². The van der Waals surface area contributed by atoms with Gasteiger partial charge in [-0.15, -0.1) is 0 Å². The Bertz CT molecular complexity index is 398. The van der Waals surface area contributed by atoms with E-state index >= 15 is 0 Å². The maximum atomic E-state index is 13.3. The predicted molar refractivity (Wildman–Crippen MR) is 68.7 cm³/mol. The van der Waals surface area contributed by atoms with Gasteiger partial charge in [-0.25, -0.2) is 0 Å². The van der Waals surface area contributed by atoms with E-state index in [2.05, 4.69) is 13.8 Å². The number of rotatable bonds is 6. The van der Waals surface area contributed by atoms with E-state index in [1.54, 1.807) is 17.8 Å². The molecule has 0 aliphatic rings. The summed E-state index contributed by atoms with van der Waals surface area (Å²) in [7, 11) is 0. The number of thioether (sulfide) groups is 1. The number of hydrogen-bond acceptors (Lipinski definition) is 3. The van der Waals surface area contributed by atoms with E-state index in [4.69, 9.17) is 0 Å². The molecule has 1 aromatic rings. The van der Waals surface area contributed by atoms with E-state index in [0.29, 0.717) is 11.7 Å². The molecule has 0 aliphatic heterocycles. The number of nitrogens with zero attached hydrogens (tertiary/aromatic N) is 1. The van der Waals surface area contributed by atoms with Gasteiger partial charge in [0.2, 0.25) is 5.82 Å². The number of hydrogen-bond donors (Lipinski definition) is 0. The van der Waals surface area contributed by atoms with Crippen LogP contribution >= 0.6 is 11.8 Å². The van der Waals surface area contributed by atoms with Crippen LogP contribution in [0.25, 0.3) is 0 Å². The van der Waals surface area contributed by atoms with E-state index < -0.39 is 16.4 Å². The molecule has 0 fully saturated rings. The van der Waals surface area contributed by atoms with Crippen molar-refractivity contribution in [1.82, 2.24) is 0 Å². The van der Waals surface area contributed by atoms with Crippen molar-refractivity contribution in [3.05, 3.63) is 39.7 Å². The summed E-state index contributed by atoms with van der Waals surface area (Å²) in [6.45, 7) is 4.31. The van der Waals surface area contributed by atoms with Crippen LogP contribution in [0, 0.1) is 21.8 Å². The molecular weight excluding hydrogens is 241 g/mol. The first kappa shape index (κ1) is 14.0. The first-order chi connectivity index (χ1) is 8.04. The summed E-state index contributed by atoms with van der Waals surface area (Å²) in [5, 5.41) is 10.4. The molecule has 0 N–H and O–H groups in total. The zero-order valence-electron chi connectivity index (χ0n) is 9.98. The molecule has 0 amide bonds. The summed E-state index contributed by atoms with van der Waals surface area (Å²) >= 11 is 1.73. The number of nitro benzene ring substituents is 1. The Morgan fingerprint density at radius 3 is 2.76 bits per heavy atom. The fourth-order valence-electron chi connectivity index (χ4n) is 1.28. The number of benzene rings is 1. The van der Waals surface area contributed by atoms with Gasteiger partial charge >= 0.3 is 5.69 Å². The minimum Gasteiger partial charge on any atom is -0.258 e. The highest BCUT2D eigenvalue weighted by Crippen LogP contribution is 2.22. The molecule has 0 bridgehead atoms. The standard InChI is InChI=1S/C12H16FNO2S/c1-3-9(2)7-17-8-10-4-5-12(14(15)16)11(13)6-10/h4-6,9H,3,7-8H2,1-2H3. The van der Waals surface area contributed by atoms with Crippen LogP contribution in [0.15, 0.2) is 18.2 Å². The minimum atomic E-state index is -0.753. The second-order valence-electron chi connectivity index (χ2n) is 4.07. The van der Waals surface area contributed by atoms with E-state index in [1.165, 1.54) is 12.1 Å². The van der Waals surface area contributed by atoms with Crippen molar-refractivity contribution in [1.29, 1.82) is 0 Å². The maximum absolute atomic E-state index is 13.3. The molecule has 0 aromatic heterocycles. The summed E-state index contributed by atoms with van der Waals surface area (Å²) in [6, 6.07) is 4.10. The van der Waals surface area contributed by atoms with E-state index in [-0.39, 0.29) is 0 Å². The summed E-state index contributed by atoms with van der Waals surface area (Å²) < 4.78 is 13.3. The van der Waals surface area contributed by atoms with Crippen LogP contribution in [0.1, 0.15) is 25.8 Å². The molecule has 1 atom stereocenters. The lowest BCUT2D eigenvalue weighted by molar-refractivity contribution is -0.387. The van der Waals surface area contributed by atoms with Crippen molar-refractivity contribution < 1.29 is 9.31 Å². The molecule has 3 nitrogen and oxygen atoms in total. The van der Waals surface area contributed by atoms with Gasteiger partial charge in [0.25, 0.3) is 0 Å². The molecule has 0 saturated heterocycles. The third-order valence-electron chi connectivity index (χ3n) is 2.58. The third kappa shape index (κ3) is 4.34. The van der Waals surface area contributed by atoms with Gasteiger partial charge in [0, 0.05) is 11.8 Å². The Morgan fingerprint density at radius 2 is 2.24 bits per heavy atom. The van der Waals surface area contributed by atoms with Crippen LogP contribution in [0.2, 0.25) is 0 Å². The van der Waals surface area contributed by atoms with Gasteiger partial charge in [-0.3, -0.25) is 10.1 Å². The van der Waals surface area contributed by atoms with Crippen molar-refractivity contribution in [3.8, 4) is 0 Å². The molecule has 0 heterocycles. The smallest absolute Gasteiger partial charge is 0.258 e. The first-order valence-electron chi connectivity index (χ1n) is 5.55. The van der Waals surface area contributed by atoms with Crippen molar-refractivity contribution in [3.63, 3.8) is 0 Å². The monoisotopic (exact) mass is 257 g/mol. The van der Waals surface area contributed by atoms with Crippen LogP contribution in [0.5, 0.6) is 0 Å². The van der Waals surface area contributed by atoms with Crippen molar-refractivity contribution in [2.75, 3.05) is 5.75 Å². The van der Waals surface area contributed by atoms with Crippen molar-refractivity contribution in [2.24, 2.45) is 5.92 Å². The average Bonchev–Trinajstić information content (AvgIpc) is 2.28. The lowest BCUT2D eigenvalue weighted by Crippen LogP contribution is -1.97. The van der Waals surface area contributed by atoms with Crippen LogP contribution < -0.4 is 0 Å². The fraction of sp³-hybridized carbons (Fsp3) is 0.500. The van der Waals surface area contributed by atoms with Crippen molar-refractivity contribution >= 4 is 17.4 Å². The largest absolute Gasteiger partial charge is 0.304 e. The number of halogens is 1. The topological polar surface area (TPSA) is 43.1 Å². The molecular formula is C12H16FNO2S. The van der Waals surface area contributed by atoms with E-state index in [9.17, 15) is 14.5 Å². The van der Waals surface area contributed by atoms with Gasteiger partial charge in [-0.05, 0) is 23.3 Å². The normalized spacial score (nSPS) is 12.4. The highest BCUT2D eigenvalue weighted by molar-refractivity contribution is 7.98. The van der Waals surface area contributed by atoms with Crippen LogP contribution in [-0.4, -0.2) is 10.7 Å². The van der Waals surface area contributed by atoms with Gasteiger partial charge in [-0.2, -0.15) is 16.2 Å². The number of nitro groups is 1. The van der Waals surface area contributed by atoms with Gasteiger partial charge in [0.05, 0.1) is 4.92 Å². The Morgan fingerprint density at radius 1 is 1.53 bits per heavy atom. The van der Waals surface area contributed by atoms with E-state index in [1.807, 2.05) is 0 Å². The van der Waals surface area contributed by atoms with Crippen LogP contribution in [-0.2, 0) is 5.75 Å². The Balaban J connectivity index is 2.56. The average molecular weight is 257 g/mol. The molecule has 1 aromatic carbocycles. The molecule has 1 unspecified atom stereocenters. The fourth-order valence-corrected chi connectivity index (χ4v) is 2.46. The third-order valence-corrected chi connectivity index (χ3v) is 3.92. The summed E-state index contributed by atoms with van der Waals surface area (Å²) in [4.78, 5) is 9.73. The molecule has 0 saturated carbocycles. The minimum absolute atomic E-state index is 0.458. The zero-order valence-corrected chi connectivity index (χ0v) is 10.8. The summed E-state index contributed by atoms with van der Waals surface area (Å²) in [6.07, 6.45) is 1.13. The van der Waals surface area contributed by atoms with Gasteiger partial charge in [-0.1, -0.05) is 26.3 Å². The highest BCUT2D eigenvalue weighted by atomic mass is 32.2. The zero-order chi connectivity index (χ0) is 12.8. The Hall–Kier alpha value is -1.10. The Labute approximate surface area is 105 Å².